The van der Waals surface area contributed by atoms with E-state index < -0.39 is 141 Å². The van der Waals surface area contributed by atoms with Gasteiger partial charge >= 0.3 is 23.9 Å². The highest BCUT2D eigenvalue weighted by molar-refractivity contribution is 5.74. The molecule has 3 aliphatic rings. The topological polar surface area (TPSA) is 246 Å². The zero-order chi connectivity index (χ0) is 48.8. The summed E-state index contributed by atoms with van der Waals surface area (Å²) in [5, 5.41) is 5.50. The van der Waals surface area contributed by atoms with Crippen molar-refractivity contribution in [1.29, 1.82) is 0 Å². The van der Waals surface area contributed by atoms with Crippen LogP contribution < -0.4 is 10.6 Å². The molecule has 15 atom stereocenters. The molecule has 21 nitrogen and oxygen atoms in total. The third-order valence-corrected chi connectivity index (χ3v) is 10.9. The quantitative estimate of drug-likeness (QED) is 0.142. The van der Waals surface area contributed by atoms with Crippen molar-refractivity contribution >= 4 is 35.7 Å². The van der Waals surface area contributed by atoms with Crippen molar-refractivity contribution in [1.82, 2.24) is 10.6 Å². The summed E-state index contributed by atoms with van der Waals surface area (Å²) in [7, 11) is 2.78. The lowest BCUT2D eigenvalue weighted by molar-refractivity contribution is -0.369. The summed E-state index contributed by atoms with van der Waals surface area (Å²) < 4.78 is 80.1. The van der Waals surface area contributed by atoms with Gasteiger partial charge in [-0.25, -0.2) is 0 Å². The number of benzene rings is 2. The van der Waals surface area contributed by atoms with Gasteiger partial charge in [0.05, 0.1) is 19.3 Å². The second-order valence-electron chi connectivity index (χ2n) is 16.2. The zero-order valence-electron chi connectivity index (χ0n) is 39.0. The number of carbonyl (C=O) groups excluding carboxylic acids is 6. The molecule has 3 saturated heterocycles. The van der Waals surface area contributed by atoms with Crippen molar-refractivity contribution in [3.8, 4) is 0 Å². The predicted octanol–water partition coefficient (Wildman–Crippen LogP) is 1.78. The SMILES string of the molecule is COC1C(OCc2ccccc2)[C@@H](OCc2ccccc2)C(C)O[C@H]1OC1C(NC(C)=O)[C@@H](OC)OC(COC(C)=O)[C@H]1O[C@@H]1OC(COC(C)=O)[C@@H](OC(C)=O)C(OC(C)=O)C1NC(C)=O. The second kappa shape index (κ2) is 25.3. The van der Waals surface area contributed by atoms with Crippen LogP contribution in [0.2, 0.25) is 0 Å². The van der Waals surface area contributed by atoms with Gasteiger partial charge in [-0.15, -0.1) is 0 Å². The fourth-order valence-electron chi connectivity index (χ4n) is 8.15. The maximum absolute atomic E-state index is 13.0. The molecule has 3 aliphatic heterocycles. The Kier molecular flexibility index (Phi) is 20.0. The summed E-state index contributed by atoms with van der Waals surface area (Å²) in [5.74, 6) is -4.23. The number of methoxy groups -OCH3 is 2. The highest BCUT2D eigenvalue weighted by atomic mass is 16.8. The van der Waals surface area contributed by atoms with Crippen LogP contribution in [0.1, 0.15) is 59.6 Å². The summed E-state index contributed by atoms with van der Waals surface area (Å²) in [5.41, 5.74) is 1.77. The Bertz CT molecular complexity index is 1940. The Labute approximate surface area is 388 Å². The van der Waals surface area contributed by atoms with Crippen LogP contribution in [0.4, 0.5) is 0 Å². The van der Waals surface area contributed by atoms with Gasteiger partial charge in [0.15, 0.2) is 31.1 Å². The number of esters is 4. The Balaban J connectivity index is 1.60. The highest BCUT2D eigenvalue weighted by Gasteiger charge is 2.57. The first kappa shape index (κ1) is 52.9. The van der Waals surface area contributed by atoms with Gasteiger partial charge in [-0.05, 0) is 18.1 Å². The number of nitrogens with one attached hydrogen (secondary N) is 2. The molecular weight excluding hydrogens is 885 g/mol. The number of rotatable bonds is 20. The predicted molar refractivity (Wildman–Crippen MR) is 229 cm³/mol. The maximum Gasteiger partial charge on any atom is 0.303 e. The minimum absolute atomic E-state index is 0.152. The van der Waals surface area contributed by atoms with Crippen molar-refractivity contribution in [2.24, 2.45) is 0 Å². The molecule has 0 saturated carbocycles. The first-order valence-electron chi connectivity index (χ1n) is 21.8. The van der Waals surface area contributed by atoms with Crippen molar-refractivity contribution in [2.45, 2.75) is 154 Å². The van der Waals surface area contributed by atoms with E-state index in [1.54, 1.807) is 6.92 Å². The van der Waals surface area contributed by atoms with Gasteiger partial charge in [-0.1, -0.05) is 60.7 Å². The van der Waals surface area contributed by atoms with Crippen molar-refractivity contribution in [3.63, 3.8) is 0 Å². The molecule has 21 heteroatoms. The molecule has 9 unspecified atom stereocenters. The van der Waals surface area contributed by atoms with E-state index in [0.717, 1.165) is 31.9 Å². The van der Waals surface area contributed by atoms with Gasteiger partial charge in [0, 0.05) is 55.8 Å². The Morgan fingerprint density at radius 2 is 0.955 bits per heavy atom. The van der Waals surface area contributed by atoms with E-state index in [1.807, 2.05) is 60.7 Å². The molecule has 0 radical (unpaired) electrons. The van der Waals surface area contributed by atoms with Crippen LogP contribution in [-0.4, -0.2) is 155 Å². The van der Waals surface area contributed by atoms with Crippen molar-refractivity contribution in [2.75, 3.05) is 27.4 Å². The third kappa shape index (κ3) is 14.9. The molecule has 370 valence electrons. The minimum Gasteiger partial charge on any atom is -0.463 e. The van der Waals surface area contributed by atoms with E-state index in [0.29, 0.717) is 0 Å². The summed E-state index contributed by atoms with van der Waals surface area (Å²) in [6.07, 6.45) is -16.0. The van der Waals surface area contributed by atoms with Gasteiger partial charge in [-0.3, -0.25) is 28.8 Å². The lowest BCUT2D eigenvalue weighted by Gasteiger charge is -2.51. The first-order valence-corrected chi connectivity index (χ1v) is 21.8. The van der Waals surface area contributed by atoms with Crippen LogP contribution in [0.3, 0.4) is 0 Å². The normalized spacial score (nSPS) is 31.7. The molecule has 2 aromatic rings. The Morgan fingerprint density at radius 3 is 1.43 bits per heavy atom. The summed E-state index contributed by atoms with van der Waals surface area (Å²) in [6.45, 7) is 8.13. The van der Waals surface area contributed by atoms with Gasteiger partial charge in [0.25, 0.3) is 0 Å². The molecule has 0 bridgehead atoms. The van der Waals surface area contributed by atoms with Gasteiger partial charge in [-0.2, -0.15) is 0 Å². The molecule has 3 fully saturated rings. The van der Waals surface area contributed by atoms with Crippen LogP contribution >= 0.6 is 0 Å². The lowest BCUT2D eigenvalue weighted by atomic mass is 9.93. The van der Waals surface area contributed by atoms with Crippen molar-refractivity contribution in [3.05, 3.63) is 71.8 Å². The number of ether oxygens (including phenoxy) is 13. The molecule has 5 rings (SSSR count). The smallest absolute Gasteiger partial charge is 0.303 e. The molecule has 0 aliphatic carbocycles. The number of hydrogen-bond donors (Lipinski definition) is 2. The lowest BCUT2D eigenvalue weighted by Crippen LogP contribution is -2.71. The van der Waals surface area contributed by atoms with Crippen LogP contribution in [-0.2, 0) is 104 Å². The Morgan fingerprint density at radius 1 is 0.493 bits per heavy atom. The summed E-state index contributed by atoms with van der Waals surface area (Å²) in [4.78, 5) is 75.5. The fraction of sp³-hybridized carbons (Fsp3) is 0.609. The standard InChI is InChI=1S/C46H62N2O19/c1-24-37(59-20-31-16-12-10-13-17-31)42(60-21-32-18-14-11-15-19-32)43(55-8)46(61-24)67-41-35(47-25(2)49)44(56-9)64-34(23-58-28(5)52)39(41)66-45-36(48-26(3)50)40(63-30(7)54)38(62-29(6)53)33(65-45)22-57-27(4)51/h10-19,24,33-46H,20-23H2,1-9H3,(H,47,49)(H,48,50)/t24?,33?,34?,35?,36?,37-,38+,39+,40?,41?,42?,43?,44-,45-,46-/m0/s1. The number of amides is 2. The van der Waals surface area contributed by atoms with Crippen LogP contribution in [0.15, 0.2) is 60.7 Å². The average molecular weight is 947 g/mol. The molecule has 0 spiro atoms. The third-order valence-electron chi connectivity index (χ3n) is 10.9. The average Bonchev–Trinajstić information content (AvgIpc) is 3.27. The molecule has 2 aromatic carbocycles. The van der Waals surface area contributed by atoms with E-state index in [-0.39, 0.29) is 13.2 Å². The molecule has 2 amide bonds. The van der Waals surface area contributed by atoms with Crippen LogP contribution in [0.25, 0.3) is 0 Å². The molecule has 2 N–H and O–H groups in total. The van der Waals surface area contributed by atoms with Gasteiger partial charge < -0.3 is 72.2 Å². The number of carbonyl (C=O) groups is 6. The van der Waals surface area contributed by atoms with Gasteiger partial charge in [0.2, 0.25) is 11.8 Å². The monoisotopic (exact) mass is 946 g/mol. The van der Waals surface area contributed by atoms with E-state index in [1.165, 1.54) is 35.0 Å². The van der Waals surface area contributed by atoms with Crippen LogP contribution in [0.5, 0.6) is 0 Å². The highest BCUT2D eigenvalue weighted by Crippen LogP contribution is 2.37. The van der Waals surface area contributed by atoms with Crippen molar-refractivity contribution < 1.29 is 90.3 Å². The Hall–Kier alpha value is -5.10. The maximum atomic E-state index is 13.0. The largest absolute Gasteiger partial charge is 0.463 e. The zero-order valence-corrected chi connectivity index (χ0v) is 39.0. The summed E-state index contributed by atoms with van der Waals surface area (Å²) in [6, 6.07) is 16.4. The van der Waals surface area contributed by atoms with E-state index in [9.17, 15) is 28.8 Å². The van der Waals surface area contributed by atoms with E-state index >= 15 is 0 Å². The molecule has 0 aromatic heterocycles. The second-order valence-corrected chi connectivity index (χ2v) is 16.2. The molecule has 3 heterocycles. The molecular formula is C46H62N2O19. The van der Waals surface area contributed by atoms with Gasteiger partial charge in [0.1, 0.15) is 68.0 Å². The minimum atomic E-state index is -1.67. The summed E-state index contributed by atoms with van der Waals surface area (Å²) >= 11 is 0. The van der Waals surface area contributed by atoms with E-state index in [2.05, 4.69) is 10.6 Å². The number of hydrogen-bond acceptors (Lipinski definition) is 19. The fourth-order valence-corrected chi connectivity index (χ4v) is 8.15. The molecule has 67 heavy (non-hydrogen) atoms. The first-order chi connectivity index (χ1) is 32.0. The van der Waals surface area contributed by atoms with E-state index in [4.69, 9.17) is 61.6 Å². The van der Waals surface area contributed by atoms with Crippen LogP contribution in [0, 0.1) is 0 Å².